The molecular weight excluding hydrogens is 387 g/mol. The Morgan fingerprint density at radius 3 is 2.38 bits per heavy atom. The van der Waals surface area contributed by atoms with Crippen LogP contribution < -0.4 is 4.74 Å². The second-order valence-electron chi connectivity index (χ2n) is 3.02. The lowest BCUT2D eigenvalue weighted by Crippen LogP contribution is -2.22. The Hall–Kier alpha value is 0.150. The topological polar surface area (TPSA) is 27.7 Å². The molecule has 0 saturated carbocycles. The molecule has 0 atom stereocenters. The van der Waals surface area contributed by atoms with Gasteiger partial charge in [-0.2, -0.15) is 0 Å². The summed E-state index contributed by atoms with van der Waals surface area (Å²) in [7, 11) is 3.17. The fraction of sp³-hybridized carbons (Fsp3) is 0.455. The predicted octanol–water partition coefficient (Wildman–Crippen LogP) is 3.49. The Balaban J connectivity index is 3.04. The summed E-state index contributed by atoms with van der Waals surface area (Å²) in [4.78, 5) is 0. The summed E-state index contributed by atoms with van der Waals surface area (Å²) >= 11 is 5.63. The molecule has 90 valence electrons. The molecule has 0 saturated heterocycles. The molecule has 0 aliphatic carbocycles. The Morgan fingerprint density at radius 2 is 1.94 bits per heavy atom. The van der Waals surface area contributed by atoms with Crippen molar-refractivity contribution in [3.8, 4) is 5.75 Å². The minimum absolute atomic E-state index is 0.656. The van der Waals surface area contributed by atoms with Crippen molar-refractivity contribution in [1.82, 2.24) is 0 Å². The van der Waals surface area contributed by atoms with Gasteiger partial charge in [0.05, 0.1) is 10.2 Å². The van der Waals surface area contributed by atoms with E-state index in [4.69, 9.17) is 14.2 Å². The minimum Gasteiger partial charge on any atom is -0.493 e. The van der Waals surface area contributed by atoms with E-state index in [1.807, 2.05) is 25.1 Å². The number of methoxy groups -OCH3 is 2. The quantitative estimate of drug-likeness (QED) is 0.430. The highest BCUT2D eigenvalue weighted by atomic mass is 127. The summed E-state index contributed by atoms with van der Waals surface area (Å²) < 4.78 is 16.2. The van der Waals surface area contributed by atoms with E-state index in [2.05, 4.69) is 38.5 Å². The van der Waals surface area contributed by atoms with Crippen LogP contribution in [-0.4, -0.2) is 20.8 Å². The third-order valence-corrected chi connectivity index (χ3v) is 4.05. The van der Waals surface area contributed by atoms with Gasteiger partial charge < -0.3 is 14.2 Å². The average Bonchev–Trinajstić information content (AvgIpc) is 2.31. The molecule has 0 fully saturated rings. The summed E-state index contributed by atoms with van der Waals surface area (Å²) in [6.45, 7) is 2.62. The van der Waals surface area contributed by atoms with Crippen LogP contribution in [-0.2, 0) is 14.2 Å². The lowest BCUT2D eigenvalue weighted by molar-refractivity contribution is -0.133. The van der Waals surface area contributed by atoms with Crippen molar-refractivity contribution < 1.29 is 14.2 Å². The molecule has 3 nitrogen and oxygen atoms in total. The van der Waals surface area contributed by atoms with E-state index in [9.17, 15) is 0 Å². The van der Waals surface area contributed by atoms with Gasteiger partial charge in [-0.05, 0) is 63.6 Å². The lowest BCUT2D eigenvalue weighted by atomic mass is 10.2. The van der Waals surface area contributed by atoms with E-state index in [1.54, 1.807) is 14.2 Å². The van der Waals surface area contributed by atoms with E-state index in [0.29, 0.717) is 6.61 Å². The maximum Gasteiger partial charge on any atom is 0.253 e. The third-order valence-electron chi connectivity index (χ3n) is 2.10. The summed E-state index contributed by atoms with van der Waals surface area (Å²) in [5.74, 6) is 0.869. The van der Waals surface area contributed by atoms with Crippen molar-refractivity contribution >= 4 is 38.5 Å². The third kappa shape index (κ3) is 3.09. The van der Waals surface area contributed by atoms with Crippen LogP contribution in [0.3, 0.4) is 0 Å². The number of rotatable bonds is 5. The fourth-order valence-corrected chi connectivity index (χ4v) is 2.20. The summed E-state index contributed by atoms with van der Waals surface area (Å²) in [5, 5.41) is 0. The normalized spacial score (nSPS) is 11.6. The Morgan fingerprint density at radius 1 is 1.31 bits per heavy atom. The number of alkyl halides is 1. The highest BCUT2D eigenvalue weighted by Crippen LogP contribution is 2.35. The van der Waals surface area contributed by atoms with Crippen molar-refractivity contribution in [2.75, 3.05) is 20.8 Å². The van der Waals surface area contributed by atoms with Gasteiger partial charge in [0, 0.05) is 19.8 Å². The fourth-order valence-electron chi connectivity index (χ4n) is 1.28. The number of hydrogen-bond donors (Lipinski definition) is 0. The molecule has 0 aromatic heterocycles. The average molecular weight is 401 g/mol. The Labute approximate surface area is 118 Å². The minimum atomic E-state index is -0.891. The first-order valence-corrected chi connectivity index (χ1v) is 6.66. The highest BCUT2D eigenvalue weighted by molar-refractivity contribution is 14.1. The smallest absolute Gasteiger partial charge is 0.253 e. The van der Waals surface area contributed by atoms with Crippen LogP contribution in [0.25, 0.3) is 0 Å². The maximum atomic E-state index is 5.47. The van der Waals surface area contributed by atoms with Gasteiger partial charge in [0.15, 0.2) is 0 Å². The number of hydrogen-bond acceptors (Lipinski definition) is 3. The summed E-state index contributed by atoms with van der Waals surface area (Å²) in [6.07, 6.45) is 0. The van der Waals surface area contributed by atoms with Crippen molar-refractivity contribution in [3.05, 3.63) is 27.3 Å². The van der Waals surface area contributed by atoms with Crippen LogP contribution in [0.2, 0.25) is 0 Å². The predicted molar refractivity (Wildman–Crippen MR) is 75.0 cm³/mol. The van der Waals surface area contributed by atoms with Gasteiger partial charge in [0.25, 0.3) is 4.70 Å². The summed E-state index contributed by atoms with van der Waals surface area (Å²) in [5.41, 5.74) is 0.894. The van der Waals surface area contributed by atoms with Gasteiger partial charge in [-0.1, -0.05) is 0 Å². The van der Waals surface area contributed by atoms with Gasteiger partial charge in [-0.25, -0.2) is 0 Å². The monoisotopic (exact) mass is 400 g/mol. The molecule has 0 bridgehead atoms. The molecule has 16 heavy (non-hydrogen) atoms. The molecule has 1 aromatic rings. The van der Waals surface area contributed by atoms with E-state index < -0.39 is 4.70 Å². The van der Waals surface area contributed by atoms with Crippen molar-refractivity contribution in [1.29, 1.82) is 0 Å². The van der Waals surface area contributed by atoms with Crippen LogP contribution in [0.15, 0.2) is 18.2 Å². The molecular formula is C11H14BrIO3. The first-order valence-electron chi connectivity index (χ1n) is 4.79. The molecule has 0 unspecified atom stereocenters. The molecule has 0 amide bonds. The van der Waals surface area contributed by atoms with E-state index in [1.165, 1.54) is 0 Å². The van der Waals surface area contributed by atoms with Crippen LogP contribution >= 0.6 is 38.5 Å². The van der Waals surface area contributed by atoms with E-state index in [-0.39, 0.29) is 0 Å². The van der Waals surface area contributed by atoms with Crippen LogP contribution in [0, 0.1) is 3.57 Å². The molecule has 0 aliphatic rings. The largest absolute Gasteiger partial charge is 0.493 e. The highest BCUT2D eigenvalue weighted by Gasteiger charge is 2.28. The standard InChI is InChI=1S/C11H14BrIO3/c1-4-16-10-6-5-8(7-9(10)13)11(12,14-2)15-3/h5-7H,4H2,1-3H3. The zero-order valence-electron chi connectivity index (χ0n) is 9.42. The molecule has 1 aromatic carbocycles. The number of halogens is 2. The molecule has 0 spiro atoms. The van der Waals surface area contributed by atoms with Gasteiger partial charge in [-0.3, -0.25) is 0 Å². The Bertz CT molecular complexity index is 353. The van der Waals surface area contributed by atoms with Crippen LogP contribution in [0.5, 0.6) is 5.75 Å². The molecule has 0 aliphatic heterocycles. The van der Waals surface area contributed by atoms with Gasteiger partial charge in [0.1, 0.15) is 5.75 Å². The van der Waals surface area contributed by atoms with E-state index in [0.717, 1.165) is 14.9 Å². The first-order chi connectivity index (χ1) is 7.57. The zero-order chi connectivity index (χ0) is 12.2. The van der Waals surface area contributed by atoms with Crippen molar-refractivity contribution in [2.45, 2.75) is 11.6 Å². The summed E-state index contributed by atoms with van der Waals surface area (Å²) in [6, 6.07) is 5.79. The van der Waals surface area contributed by atoms with Crippen molar-refractivity contribution in [2.24, 2.45) is 0 Å². The molecule has 1 rings (SSSR count). The lowest BCUT2D eigenvalue weighted by Gasteiger charge is -2.24. The molecule has 0 heterocycles. The van der Waals surface area contributed by atoms with Crippen LogP contribution in [0.4, 0.5) is 0 Å². The van der Waals surface area contributed by atoms with Gasteiger partial charge >= 0.3 is 0 Å². The molecule has 5 heteroatoms. The second kappa shape index (κ2) is 6.18. The van der Waals surface area contributed by atoms with Gasteiger partial charge in [-0.15, -0.1) is 0 Å². The Kier molecular flexibility index (Phi) is 5.49. The van der Waals surface area contributed by atoms with Crippen molar-refractivity contribution in [3.63, 3.8) is 0 Å². The van der Waals surface area contributed by atoms with Crippen LogP contribution in [0.1, 0.15) is 12.5 Å². The zero-order valence-corrected chi connectivity index (χ0v) is 13.2. The second-order valence-corrected chi connectivity index (χ2v) is 5.23. The van der Waals surface area contributed by atoms with Gasteiger partial charge in [0.2, 0.25) is 0 Å². The molecule has 0 N–H and O–H groups in total. The maximum absolute atomic E-state index is 5.47. The number of ether oxygens (including phenoxy) is 3. The van der Waals surface area contributed by atoms with E-state index >= 15 is 0 Å². The first kappa shape index (κ1) is 14.2. The number of benzene rings is 1. The molecule has 0 radical (unpaired) electrons. The SMILES string of the molecule is CCOc1ccc(C(Br)(OC)OC)cc1I.